The molecule has 1 N–H and O–H groups in total. The lowest BCUT2D eigenvalue weighted by molar-refractivity contribution is -0.384. The maximum absolute atomic E-state index is 12.2. The predicted molar refractivity (Wildman–Crippen MR) is 90.4 cm³/mol. The van der Waals surface area contributed by atoms with Gasteiger partial charge in [-0.2, -0.15) is 0 Å². The lowest BCUT2D eigenvalue weighted by Gasteiger charge is -2.37. The summed E-state index contributed by atoms with van der Waals surface area (Å²) in [6.45, 7) is 0.663. The quantitative estimate of drug-likeness (QED) is 0.665. The van der Waals surface area contributed by atoms with Gasteiger partial charge in [-0.25, -0.2) is 0 Å². The summed E-state index contributed by atoms with van der Waals surface area (Å²) in [5, 5.41) is 15.3. The fourth-order valence-corrected chi connectivity index (χ4v) is 3.22. The maximum Gasteiger partial charge on any atom is 0.289 e. The Balaban J connectivity index is 1.58. The number of halogens is 1. The first kappa shape index (κ1) is 16.4. The van der Waals surface area contributed by atoms with Gasteiger partial charge in [0.05, 0.1) is 15.7 Å². The van der Waals surface area contributed by atoms with Gasteiger partial charge in [-0.05, 0) is 23.6 Å². The number of nitrogens with zero attached hydrogens (tertiary/aromatic N) is 2. The van der Waals surface area contributed by atoms with Gasteiger partial charge in [0.15, 0.2) is 0 Å². The molecule has 9 heteroatoms. The minimum Gasteiger partial charge on any atom is -0.336 e. The molecule has 2 amide bonds. The standard InChI is InChI=1S/C15H12ClN3O4S/c16-11-4-3-10(6-12(11)19(22)23)17-14(20)9-7-18(8-9)15(21)13-2-1-5-24-13/h1-6,9H,7-8H2,(H,17,20). The van der Waals surface area contributed by atoms with Gasteiger partial charge < -0.3 is 10.2 Å². The summed E-state index contributed by atoms with van der Waals surface area (Å²) in [7, 11) is 0. The molecule has 0 aliphatic carbocycles. The molecule has 1 saturated heterocycles. The summed E-state index contributed by atoms with van der Waals surface area (Å²) in [6.07, 6.45) is 0. The first-order chi connectivity index (χ1) is 11.5. The number of nitro groups is 1. The molecular weight excluding hydrogens is 354 g/mol. The summed E-state index contributed by atoms with van der Waals surface area (Å²) in [4.78, 5) is 36.7. The molecule has 1 aromatic carbocycles. The van der Waals surface area contributed by atoms with Crippen LogP contribution in [0, 0.1) is 16.0 Å². The average Bonchev–Trinajstić information content (AvgIpc) is 3.01. The highest BCUT2D eigenvalue weighted by atomic mass is 35.5. The Kier molecular flexibility index (Phi) is 4.50. The number of benzene rings is 1. The normalized spacial score (nSPS) is 14.1. The van der Waals surface area contributed by atoms with E-state index in [1.807, 2.05) is 5.38 Å². The van der Waals surface area contributed by atoms with Crippen LogP contribution in [0.25, 0.3) is 0 Å². The van der Waals surface area contributed by atoms with Gasteiger partial charge in [0.1, 0.15) is 5.02 Å². The van der Waals surface area contributed by atoms with Crippen molar-refractivity contribution in [2.75, 3.05) is 18.4 Å². The van der Waals surface area contributed by atoms with Gasteiger partial charge in [0.2, 0.25) is 5.91 Å². The van der Waals surface area contributed by atoms with Crippen molar-refractivity contribution in [3.63, 3.8) is 0 Å². The summed E-state index contributed by atoms with van der Waals surface area (Å²) in [5.74, 6) is -0.693. The van der Waals surface area contributed by atoms with Crippen LogP contribution in [0.3, 0.4) is 0 Å². The Bertz CT molecular complexity index is 803. The summed E-state index contributed by atoms with van der Waals surface area (Å²) < 4.78 is 0. The van der Waals surface area contributed by atoms with E-state index in [-0.39, 0.29) is 28.4 Å². The number of carbonyl (C=O) groups excluding carboxylic acids is 2. The smallest absolute Gasteiger partial charge is 0.289 e. The highest BCUT2D eigenvalue weighted by Crippen LogP contribution is 2.28. The van der Waals surface area contributed by atoms with Crippen LogP contribution in [0.1, 0.15) is 9.67 Å². The molecule has 1 fully saturated rings. The van der Waals surface area contributed by atoms with Gasteiger partial charge in [-0.15, -0.1) is 11.3 Å². The fourth-order valence-electron chi connectivity index (χ4n) is 2.34. The molecular formula is C15H12ClN3O4S. The Morgan fingerprint density at radius 2 is 2.08 bits per heavy atom. The topological polar surface area (TPSA) is 92.5 Å². The number of carbonyl (C=O) groups is 2. The number of hydrogen-bond donors (Lipinski definition) is 1. The molecule has 1 aliphatic heterocycles. The minimum atomic E-state index is -0.608. The number of likely N-dealkylation sites (tertiary alicyclic amines) is 1. The van der Waals surface area contributed by atoms with Crippen molar-refractivity contribution in [2.24, 2.45) is 5.92 Å². The van der Waals surface area contributed by atoms with Gasteiger partial charge in [-0.1, -0.05) is 17.7 Å². The van der Waals surface area contributed by atoms with E-state index in [1.54, 1.807) is 17.0 Å². The zero-order chi connectivity index (χ0) is 17.3. The van der Waals surface area contributed by atoms with Crippen molar-refractivity contribution in [2.45, 2.75) is 0 Å². The number of amides is 2. The highest BCUT2D eigenvalue weighted by molar-refractivity contribution is 7.12. The molecule has 2 heterocycles. The minimum absolute atomic E-state index is 0.00867. The second kappa shape index (κ2) is 6.58. The largest absolute Gasteiger partial charge is 0.336 e. The highest BCUT2D eigenvalue weighted by Gasteiger charge is 2.36. The van der Waals surface area contributed by atoms with E-state index in [1.165, 1.54) is 29.5 Å². The van der Waals surface area contributed by atoms with E-state index < -0.39 is 4.92 Å². The number of thiophene rings is 1. The zero-order valence-electron chi connectivity index (χ0n) is 12.3. The molecule has 1 aromatic heterocycles. The number of hydrogen-bond acceptors (Lipinski definition) is 5. The molecule has 0 radical (unpaired) electrons. The van der Waals surface area contributed by atoms with E-state index in [4.69, 9.17) is 11.6 Å². The van der Waals surface area contributed by atoms with Crippen LogP contribution in [-0.2, 0) is 4.79 Å². The van der Waals surface area contributed by atoms with E-state index in [0.29, 0.717) is 23.7 Å². The summed E-state index contributed by atoms with van der Waals surface area (Å²) in [5.41, 5.74) is 0.0386. The Labute approximate surface area is 146 Å². The number of anilines is 1. The third kappa shape index (κ3) is 3.24. The number of nitrogens with one attached hydrogen (secondary N) is 1. The van der Waals surface area contributed by atoms with Gasteiger partial charge in [-0.3, -0.25) is 19.7 Å². The van der Waals surface area contributed by atoms with Crippen LogP contribution in [0.15, 0.2) is 35.7 Å². The summed E-state index contributed by atoms with van der Waals surface area (Å²) in [6, 6.07) is 7.62. The molecule has 0 unspecified atom stereocenters. The fraction of sp³-hybridized carbons (Fsp3) is 0.200. The van der Waals surface area contributed by atoms with Crippen LogP contribution >= 0.6 is 22.9 Å². The van der Waals surface area contributed by atoms with E-state index in [0.717, 1.165) is 0 Å². The number of nitro benzene ring substituents is 1. The molecule has 0 spiro atoms. The molecule has 24 heavy (non-hydrogen) atoms. The maximum atomic E-state index is 12.2. The van der Waals surface area contributed by atoms with Crippen molar-refractivity contribution in [1.82, 2.24) is 4.90 Å². The van der Waals surface area contributed by atoms with Crippen LogP contribution in [0.4, 0.5) is 11.4 Å². The van der Waals surface area contributed by atoms with E-state index >= 15 is 0 Å². The van der Waals surface area contributed by atoms with Gasteiger partial charge in [0.25, 0.3) is 11.6 Å². The second-order valence-electron chi connectivity index (χ2n) is 5.30. The van der Waals surface area contributed by atoms with Crippen molar-refractivity contribution < 1.29 is 14.5 Å². The van der Waals surface area contributed by atoms with Crippen LogP contribution in [0.2, 0.25) is 5.02 Å². The lowest BCUT2D eigenvalue weighted by atomic mass is 9.98. The molecule has 0 saturated carbocycles. The zero-order valence-corrected chi connectivity index (χ0v) is 13.8. The Hall–Kier alpha value is -2.45. The monoisotopic (exact) mass is 365 g/mol. The first-order valence-corrected chi connectivity index (χ1v) is 8.29. The van der Waals surface area contributed by atoms with Crippen molar-refractivity contribution in [1.29, 1.82) is 0 Å². The molecule has 124 valence electrons. The molecule has 2 aromatic rings. The molecule has 0 bridgehead atoms. The molecule has 3 rings (SSSR count). The third-order valence-electron chi connectivity index (χ3n) is 3.68. The van der Waals surface area contributed by atoms with E-state index in [9.17, 15) is 19.7 Å². The van der Waals surface area contributed by atoms with Crippen LogP contribution in [-0.4, -0.2) is 34.7 Å². The molecule has 7 nitrogen and oxygen atoms in total. The average molecular weight is 366 g/mol. The molecule has 0 atom stereocenters. The SMILES string of the molecule is O=C(Nc1ccc(Cl)c([N+](=O)[O-])c1)C1CN(C(=O)c2cccs2)C1. The van der Waals surface area contributed by atoms with Crippen molar-refractivity contribution >= 4 is 46.1 Å². The number of rotatable bonds is 4. The molecule has 1 aliphatic rings. The Morgan fingerprint density at radius 1 is 1.33 bits per heavy atom. The lowest BCUT2D eigenvalue weighted by Crippen LogP contribution is -2.54. The Morgan fingerprint density at radius 3 is 2.71 bits per heavy atom. The van der Waals surface area contributed by atoms with Crippen molar-refractivity contribution in [3.05, 3.63) is 55.7 Å². The van der Waals surface area contributed by atoms with E-state index in [2.05, 4.69) is 5.32 Å². The predicted octanol–water partition coefficient (Wildman–Crippen LogP) is 3.02. The van der Waals surface area contributed by atoms with Crippen LogP contribution < -0.4 is 5.32 Å². The summed E-state index contributed by atoms with van der Waals surface area (Å²) >= 11 is 7.09. The van der Waals surface area contributed by atoms with Crippen molar-refractivity contribution in [3.8, 4) is 0 Å². The third-order valence-corrected chi connectivity index (χ3v) is 4.86. The first-order valence-electron chi connectivity index (χ1n) is 7.03. The van der Waals surface area contributed by atoms with Crippen LogP contribution in [0.5, 0.6) is 0 Å². The van der Waals surface area contributed by atoms with Gasteiger partial charge >= 0.3 is 0 Å². The van der Waals surface area contributed by atoms with Gasteiger partial charge in [0, 0.05) is 24.8 Å². The second-order valence-corrected chi connectivity index (χ2v) is 6.65.